The van der Waals surface area contributed by atoms with E-state index in [4.69, 9.17) is 9.15 Å². The number of aryl methyl sites for hydroxylation is 2. The molecular formula is C21H25N3O6. The molecule has 1 atom stereocenters. The average Bonchev–Trinajstić information content (AvgIpc) is 3.23. The number of furan rings is 1. The van der Waals surface area contributed by atoms with Crippen molar-refractivity contribution in [2.75, 3.05) is 25.5 Å². The molecule has 1 aromatic carbocycles. The lowest BCUT2D eigenvalue weighted by Gasteiger charge is -2.19. The van der Waals surface area contributed by atoms with Crippen LogP contribution in [0.4, 0.5) is 5.69 Å². The first-order valence-electron chi connectivity index (χ1n) is 9.30. The van der Waals surface area contributed by atoms with Crippen molar-refractivity contribution in [2.45, 2.75) is 26.8 Å². The average molecular weight is 415 g/mol. The lowest BCUT2D eigenvalue weighted by Crippen LogP contribution is -2.42. The van der Waals surface area contributed by atoms with Crippen LogP contribution >= 0.6 is 0 Å². The summed E-state index contributed by atoms with van der Waals surface area (Å²) in [6, 6.07) is 7.67. The number of para-hydroxylation sites is 1. The largest absolute Gasteiger partial charge is 0.459 e. The number of anilines is 1. The van der Waals surface area contributed by atoms with E-state index in [9.17, 15) is 19.2 Å². The van der Waals surface area contributed by atoms with Gasteiger partial charge in [0.15, 0.2) is 12.4 Å². The third kappa shape index (κ3) is 6.20. The Morgan fingerprint density at radius 2 is 1.77 bits per heavy atom. The van der Waals surface area contributed by atoms with E-state index < -0.39 is 30.4 Å². The van der Waals surface area contributed by atoms with Crippen molar-refractivity contribution in [3.8, 4) is 0 Å². The highest BCUT2D eigenvalue weighted by molar-refractivity contribution is 5.96. The zero-order chi connectivity index (χ0) is 22.3. The van der Waals surface area contributed by atoms with Gasteiger partial charge in [0, 0.05) is 12.7 Å². The Morgan fingerprint density at radius 1 is 1.10 bits per heavy atom. The molecule has 2 aromatic rings. The van der Waals surface area contributed by atoms with E-state index in [1.54, 1.807) is 6.07 Å². The first kappa shape index (κ1) is 22.7. The molecule has 3 amide bonds. The molecule has 2 N–H and O–H groups in total. The molecule has 9 nitrogen and oxygen atoms in total. The summed E-state index contributed by atoms with van der Waals surface area (Å²) in [5.41, 5.74) is 2.53. The van der Waals surface area contributed by atoms with E-state index in [1.165, 1.54) is 26.3 Å². The Bertz CT molecular complexity index is 903. The molecule has 160 valence electrons. The third-order valence-electron chi connectivity index (χ3n) is 4.34. The third-order valence-corrected chi connectivity index (χ3v) is 4.34. The molecule has 30 heavy (non-hydrogen) atoms. The number of carbonyl (C=O) groups is 4. The predicted octanol–water partition coefficient (Wildman–Crippen LogP) is 1.66. The van der Waals surface area contributed by atoms with E-state index in [0.29, 0.717) is 5.69 Å². The van der Waals surface area contributed by atoms with Gasteiger partial charge < -0.3 is 24.7 Å². The summed E-state index contributed by atoms with van der Waals surface area (Å²) in [5, 5.41) is 5.19. The van der Waals surface area contributed by atoms with Gasteiger partial charge in [0.2, 0.25) is 5.91 Å². The van der Waals surface area contributed by atoms with E-state index in [1.807, 2.05) is 32.0 Å². The highest BCUT2D eigenvalue weighted by Gasteiger charge is 2.21. The minimum atomic E-state index is -0.979. The van der Waals surface area contributed by atoms with Gasteiger partial charge >= 0.3 is 5.97 Å². The first-order valence-corrected chi connectivity index (χ1v) is 9.30. The summed E-state index contributed by atoms with van der Waals surface area (Å²) >= 11 is 0. The van der Waals surface area contributed by atoms with Crippen LogP contribution in [0.5, 0.6) is 0 Å². The van der Waals surface area contributed by atoms with Gasteiger partial charge in [-0.25, -0.2) is 4.79 Å². The van der Waals surface area contributed by atoms with Gasteiger partial charge in [-0.1, -0.05) is 18.2 Å². The summed E-state index contributed by atoms with van der Waals surface area (Å²) in [5.74, 6) is -2.22. The molecule has 0 aliphatic rings. The molecular weight excluding hydrogens is 390 g/mol. The Morgan fingerprint density at radius 3 is 2.37 bits per heavy atom. The molecule has 9 heteroatoms. The lowest BCUT2D eigenvalue weighted by molar-refractivity contribution is -0.153. The number of ether oxygens (including phenoxy) is 1. The molecule has 1 heterocycles. The fourth-order valence-corrected chi connectivity index (χ4v) is 2.60. The zero-order valence-corrected chi connectivity index (χ0v) is 17.4. The highest BCUT2D eigenvalue weighted by Crippen LogP contribution is 2.19. The molecule has 0 bridgehead atoms. The number of hydrogen-bond donors (Lipinski definition) is 2. The van der Waals surface area contributed by atoms with E-state index in [0.717, 1.165) is 16.0 Å². The van der Waals surface area contributed by atoms with E-state index in [2.05, 4.69) is 10.6 Å². The fraction of sp³-hybridized carbons (Fsp3) is 0.333. The summed E-state index contributed by atoms with van der Waals surface area (Å²) in [7, 11) is 1.43. The number of nitrogens with one attached hydrogen (secondary N) is 2. The molecule has 0 aliphatic carbocycles. The van der Waals surface area contributed by atoms with Gasteiger partial charge in [-0.15, -0.1) is 0 Å². The van der Waals surface area contributed by atoms with Crippen LogP contribution in [0.1, 0.15) is 28.6 Å². The minimum Gasteiger partial charge on any atom is -0.459 e. The molecule has 0 radical (unpaired) electrons. The van der Waals surface area contributed by atoms with Crippen molar-refractivity contribution < 1.29 is 28.3 Å². The number of likely N-dealkylation sites (N-methyl/N-ethyl adjacent to an activating group) is 1. The van der Waals surface area contributed by atoms with Crippen LogP contribution in [0.2, 0.25) is 0 Å². The maximum Gasteiger partial charge on any atom is 0.328 e. The minimum absolute atomic E-state index is 0.0559. The summed E-state index contributed by atoms with van der Waals surface area (Å²) in [6.45, 7) is 4.43. The topological polar surface area (TPSA) is 118 Å². The van der Waals surface area contributed by atoms with Gasteiger partial charge in [0.1, 0.15) is 6.04 Å². The highest BCUT2D eigenvalue weighted by atomic mass is 16.5. The van der Waals surface area contributed by atoms with Crippen LogP contribution in [0.3, 0.4) is 0 Å². The fourth-order valence-electron chi connectivity index (χ4n) is 2.60. The summed E-state index contributed by atoms with van der Waals surface area (Å²) in [6.07, 6.45) is 1.34. The van der Waals surface area contributed by atoms with Crippen molar-refractivity contribution >= 4 is 29.4 Å². The van der Waals surface area contributed by atoms with Crippen LogP contribution in [-0.4, -0.2) is 54.8 Å². The monoisotopic (exact) mass is 415 g/mol. The normalized spacial score (nSPS) is 11.3. The predicted molar refractivity (Wildman–Crippen MR) is 109 cm³/mol. The summed E-state index contributed by atoms with van der Waals surface area (Å²) in [4.78, 5) is 49.4. The standard InChI is InChI=1S/C21H25N3O6/c1-13-7-5-8-14(2)19(13)23-17(25)11-24(4)18(26)12-30-21(28)15(3)22-20(27)16-9-6-10-29-16/h5-10,15H,11-12H2,1-4H3,(H,22,27)(H,23,25)/t15-/m0/s1. The van der Waals surface area contributed by atoms with Crippen molar-refractivity contribution in [2.24, 2.45) is 0 Å². The lowest BCUT2D eigenvalue weighted by atomic mass is 10.1. The molecule has 0 aliphatic heterocycles. The number of benzene rings is 1. The Labute approximate surface area is 174 Å². The second kappa shape index (κ2) is 10.2. The first-order chi connectivity index (χ1) is 14.2. The molecule has 0 unspecified atom stereocenters. The molecule has 0 fully saturated rings. The summed E-state index contributed by atoms with van der Waals surface area (Å²) < 4.78 is 9.87. The second-order valence-electron chi connectivity index (χ2n) is 6.84. The van der Waals surface area contributed by atoms with Crippen LogP contribution < -0.4 is 10.6 Å². The van der Waals surface area contributed by atoms with Crippen molar-refractivity contribution in [1.29, 1.82) is 0 Å². The molecule has 0 saturated heterocycles. The van der Waals surface area contributed by atoms with Crippen LogP contribution in [0.15, 0.2) is 41.0 Å². The van der Waals surface area contributed by atoms with E-state index >= 15 is 0 Å². The quantitative estimate of drug-likeness (QED) is 0.633. The van der Waals surface area contributed by atoms with Crippen LogP contribution in [0.25, 0.3) is 0 Å². The van der Waals surface area contributed by atoms with Crippen LogP contribution in [0, 0.1) is 13.8 Å². The number of carbonyl (C=O) groups excluding carboxylic acids is 4. The van der Waals surface area contributed by atoms with Crippen molar-refractivity contribution in [3.63, 3.8) is 0 Å². The van der Waals surface area contributed by atoms with Gasteiger partial charge in [-0.3, -0.25) is 14.4 Å². The maximum atomic E-state index is 12.2. The number of rotatable bonds is 8. The Balaban J connectivity index is 1.78. The van der Waals surface area contributed by atoms with Gasteiger partial charge in [0.25, 0.3) is 11.8 Å². The number of nitrogens with zero attached hydrogens (tertiary/aromatic N) is 1. The Kier molecular flexibility index (Phi) is 7.74. The molecule has 1 aromatic heterocycles. The second-order valence-corrected chi connectivity index (χ2v) is 6.84. The van der Waals surface area contributed by atoms with Gasteiger partial charge in [-0.2, -0.15) is 0 Å². The zero-order valence-electron chi connectivity index (χ0n) is 17.4. The smallest absolute Gasteiger partial charge is 0.328 e. The molecule has 0 spiro atoms. The number of amides is 3. The number of esters is 1. The Hall–Kier alpha value is -3.62. The molecule has 2 rings (SSSR count). The van der Waals surface area contributed by atoms with Crippen molar-refractivity contribution in [1.82, 2.24) is 10.2 Å². The SMILES string of the molecule is Cc1cccc(C)c1NC(=O)CN(C)C(=O)COC(=O)[C@H](C)NC(=O)c1ccco1. The van der Waals surface area contributed by atoms with Crippen LogP contribution in [-0.2, 0) is 19.1 Å². The van der Waals surface area contributed by atoms with E-state index in [-0.39, 0.29) is 18.2 Å². The van der Waals surface area contributed by atoms with Gasteiger partial charge in [0.05, 0.1) is 12.8 Å². The van der Waals surface area contributed by atoms with Gasteiger partial charge in [-0.05, 0) is 44.0 Å². The number of hydrogen-bond acceptors (Lipinski definition) is 6. The maximum absolute atomic E-state index is 12.2. The molecule has 0 saturated carbocycles. The van der Waals surface area contributed by atoms with Crippen molar-refractivity contribution in [3.05, 3.63) is 53.5 Å².